The second kappa shape index (κ2) is 6.92. The van der Waals surface area contributed by atoms with E-state index in [0.29, 0.717) is 25.5 Å². The Bertz CT molecular complexity index is 341. The lowest BCUT2D eigenvalue weighted by Gasteiger charge is -2.43. The van der Waals surface area contributed by atoms with Gasteiger partial charge < -0.3 is 15.0 Å². The van der Waals surface area contributed by atoms with E-state index in [9.17, 15) is 9.59 Å². The Balaban J connectivity index is 2.68. The van der Waals surface area contributed by atoms with Crippen LogP contribution in [0.25, 0.3) is 0 Å². The van der Waals surface area contributed by atoms with Gasteiger partial charge in [-0.15, -0.1) is 0 Å². The molecule has 0 radical (unpaired) electrons. The number of hydrogen-bond donors (Lipinski definition) is 1. The number of amides is 2. The number of hydrogen-bond acceptors (Lipinski definition) is 4. The van der Waals surface area contributed by atoms with Crippen LogP contribution in [0.15, 0.2) is 0 Å². The van der Waals surface area contributed by atoms with Crippen molar-refractivity contribution in [2.24, 2.45) is 0 Å². The molecule has 1 aliphatic rings. The molecule has 0 aromatic heterocycles. The molecule has 0 aliphatic carbocycles. The van der Waals surface area contributed by atoms with Crippen molar-refractivity contribution in [3.63, 3.8) is 0 Å². The molecule has 2 amide bonds. The number of carbonyl (C=O) groups excluding carboxylic acids is 2. The summed E-state index contributed by atoms with van der Waals surface area (Å²) in [6.07, 6.45) is 1.23. The van der Waals surface area contributed by atoms with Gasteiger partial charge in [-0.25, -0.2) is 4.79 Å². The van der Waals surface area contributed by atoms with E-state index in [4.69, 9.17) is 4.74 Å². The quantitative estimate of drug-likeness (QED) is 0.793. The van der Waals surface area contributed by atoms with Gasteiger partial charge in [0.15, 0.2) is 0 Å². The number of carbonyl (C=O) groups is 2. The Kier molecular flexibility index (Phi) is 5.80. The summed E-state index contributed by atoms with van der Waals surface area (Å²) in [5.74, 6) is 0. The molecule has 116 valence electrons. The Morgan fingerprint density at radius 3 is 2.60 bits per heavy atom. The van der Waals surface area contributed by atoms with Crippen LogP contribution in [-0.4, -0.2) is 59.7 Å². The zero-order valence-electron chi connectivity index (χ0n) is 13.2. The van der Waals surface area contributed by atoms with Gasteiger partial charge in [-0.05, 0) is 34.1 Å². The maximum Gasteiger partial charge on any atom is 0.410 e. The van der Waals surface area contributed by atoms with Crippen LogP contribution in [0.3, 0.4) is 0 Å². The molecule has 1 N–H and O–H groups in total. The van der Waals surface area contributed by atoms with Gasteiger partial charge >= 0.3 is 6.09 Å². The van der Waals surface area contributed by atoms with Crippen LogP contribution in [0.5, 0.6) is 0 Å². The minimum atomic E-state index is -0.501. The van der Waals surface area contributed by atoms with Gasteiger partial charge in [-0.2, -0.15) is 0 Å². The van der Waals surface area contributed by atoms with E-state index in [0.717, 1.165) is 13.0 Å². The number of ether oxygens (including phenoxy) is 1. The monoisotopic (exact) mass is 285 g/mol. The average molecular weight is 285 g/mol. The van der Waals surface area contributed by atoms with E-state index in [1.165, 1.54) is 0 Å². The first-order valence-electron chi connectivity index (χ1n) is 7.22. The third kappa shape index (κ3) is 4.67. The maximum absolute atomic E-state index is 12.1. The van der Waals surface area contributed by atoms with Gasteiger partial charge in [0.2, 0.25) is 6.41 Å². The highest BCUT2D eigenvalue weighted by Crippen LogP contribution is 2.16. The van der Waals surface area contributed by atoms with E-state index in [-0.39, 0.29) is 12.3 Å². The van der Waals surface area contributed by atoms with E-state index in [2.05, 4.69) is 24.1 Å². The molecule has 0 spiro atoms. The lowest BCUT2D eigenvalue weighted by molar-refractivity contribution is -0.112. The smallest absolute Gasteiger partial charge is 0.410 e. The van der Waals surface area contributed by atoms with Crippen molar-refractivity contribution in [1.29, 1.82) is 0 Å². The molecular formula is C14H27N3O3. The first-order valence-corrected chi connectivity index (χ1v) is 7.22. The molecule has 2 atom stereocenters. The first kappa shape index (κ1) is 16.8. The number of nitrogens with one attached hydrogen (secondary N) is 1. The molecule has 6 nitrogen and oxygen atoms in total. The number of piperazine rings is 1. The molecule has 6 heteroatoms. The molecule has 1 saturated heterocycles. The van der Waals surface area contributed by atoms with Crippen LogP contribution in [0.1, 0.15) is 41.0 Å². The summed E-state index contributed by atoms with van der Waals surface area (Å²) in [7, 11) is 0. The Morgan fingerprint density at radius 1 is 1.45 bits per heavy atom. The molecule has 0 saturated carbocycles. The standard InChI is InChI=1S/C14H27N3O3/c1-6-11(2)17-8-7-16(9-12(17)15-10-18)13(19)20-14(3,4)5/h10-12H,6-9H2,1-5H3,(H,15,18). The third-order valence-electron chi connectivity index (χ3n) is 3.49. The maximum atomic E-state index is 12.1. The molecule has 0 bridgehead atoms. The summed E-state index contributed by atoms with van der Waals surface area (Å²) >= 11 is 0. The van der Waals surface area contributed by atoms with E-state index < -0.39 is 5.60 Å². The van der Waals surface area contributed by atoms with Crippen molar-refractivity contribution in [3.8, 4) is 0 Å². The summed E-state index contributed by atoms with van der Waals surface area (Å²) < 4.78 is 5.38. The van der Waals surface area contributed by atoms with Crippen molar-refractivity contribution < 1.29 is 14.3 Å². The zero-order valence-corrected chi connectivity index (χ0v) is 13.2. The van der Waals surface area contributed by atoms with Gasteiger partial charge in [0.05, 0.1) is 12.7 Å². The summed E-state index contributed by atoms with van der Waals surface area (Å²) in [4.78, 5) is 26.7. The van der Waals surface area contributed by atoms with Gasteiger partial charge in [-0.3, -0.25) is 9.69 Å². The first-order chi connectivity index (χ1) is 9.28. The predicted molar refractivity (Wildman–Crippen MR) is 77.3 cm³/mol. The Labute approximate surface area is 121 Å². The second-order valence-corrected chi connectivity index (χ2v) is 6.22. The largest absolute Gasteiger partial charge is 0.444 e. The van der Waals surface area contributed by atoms with Gasteiger partial charge in [0.25, 0.3) is 0 Å². The van der Waals surface area contributed by atoms with Crippen molar-refractivity contribution >= 4 is 12.5 Å². The highest BCUT2D eigenvalue weighted by molar-refractivity contribution is 5.68. The van der Waals surface area contributed by atoms with Crippen molar-refractivity contribution in [3.05, 3.63) is 0 Å². The van der Waals surface area contributed by atoms with Crippen LogP contribution in [0.4, 0.5) is 4.79 Å². The van der Waals surface area contributed by atoms with Gasteiger partial charge in [-0.1, -0.05) is 6.92 Å². The SMILES string of the molecule is CCC(C)N1CCN(C(=O)OC(C)(C)C)CC1NC=O. The molecule has 1 heterocycles. The average Bonchev–Trinajstić information content (AvgIpc) is 2.36. The number of nitrogens with zero attached hydrogens (tertiary/aromatic N) is 2. The molecule has 0 aromatic carbocycles. The lowest BCUT2D eigenvalue weighted by atomic mass is 10.1. The summed E-state index contributed by atoms with van der Waals surface area (Å²) in [5.41, 5.74) is -0.501. The summed E-state index contributed by atoms with van der Waals surface area (Å²) in [5, 5.41) is 2.79. The van der Waals surface area contributed by atoms with Crippen LogP contribution in [0.2, 0.25) is 0 Å². The molecule has 0 aromatic rings. The number of rotatable bonds is 4. The van der Waals surface area contributed by atoms with Crippen LogP contribution in [0, 0.1) is 0 Å². The summed E-state index contributed by atoms with van der Waals surface area (Å²) in [6.45, 7) is 11.6. The fourth-order valence-corrected chi connectivity index (χ4v) is 2.28. The molecule has 1 aliphatic heterocycles. The molecule has 2 unspecified atom stereocenters. The normalized spacial score (nSPS) is 22.2. The highest BCUT2D eigenvalue weighted by Gasteiger charge is 2.33. The molecule has 20 heavy (non-hydrogen) atoms. The van der Waals surface area contributed by atoms with E-state index in [1.54, 1.807) is 4.90 Å². The third-order valence-corrected chi connectivity index (χ3v) is 3.49. The Morgan fingerprint density at radius 2 is 2.10 bits per heavy atom. The van der Waals surface area contributed by atoms with Crippen LogP contribution < -0.4 is 5.32 Å². The van der Waals surface area contributed by atoms with Crippen molar-refractivity contribution in [2.75, 3.05) is 19.6 Å². The lowest BCUT2D eigenvalue weighted by Crippen LogP contribution is -2.62. The molecular weight excluding hydrogens is 258 g/mol. The molecule has 1 fully saturated rings. The van der Waals surface area contributed by atoms with Crippen molar-refractivity contribution in [1.82, 2.24) is 15.1 Å². The summed E-state index contributed by atoms with van der Waals surface area (Å²) in [6, 6.07) is 0.369. The van der Waals surface area contributed by atoms with Crippen molar-refractivity contribution in [2.45, 2.75) is 58.8 Å². The highest BCUT2D eigenvalue weighted by atomic mass is 16.6. The zero-order chi connectivity index (χ0) is 15.3. The topological polar surface area (TPSA) is 61.9 Å². The Hall–Kier alpha value is -1.30. The van der Waals surface area contributed by atoms with Gasteiger partial charge in [0, 0.05) is 19.1 Å². The molecule has 1 rings (SSSR count). The van der Waals surface area contributed by atoms with Gasteiger partial charge in [0.1, 0.15) is 5.60 Å². The minimum absolute atomic E-state index is 0.149. The fourth-order valence-electron chi connectivity index (χ4n) is 2.28. The fraction of sp³-hybridized carbons (Fsp3) is 0.857. The minimum Gasteiger partial charge on any atom is -0.444 e. The predicted octanol–water partition coefficient (Wildman–Crippen LogP) is 1.41. The van der Waals surface area contributed by atoms with E-state index in [1.807, 2.05) is 20.8 Å². The van der Waals surface area contributed by atoms with Crippen LogP contribution in [-0.2, 0) is 9.53 Å². The van der Waals surface area contributed by atoms with E-state index >= 15 is 0 Å². The van der Waals surface area contributed by atoms with Crippen LogP contribution >= 0.6 is 0 Å². The second-order valence-electron chi connectivity index (χ2n) is 6.22.